The molecule has 26 heavy (non-hydrogen) atoms. The van der Waals surface area contributed by atoms with Crippen LogP contribution in [0.5, 0.6) is 0 Å². The predicted octanol–water partition coefficient (Wildman–Crippen LogP) is 6.42. The third-order valence-electron chi connectivity index (χ3n) is 5.48. The highest BCUT2D eigenvalue weighted by atomic mass is 16.3. The molecule has 2 nitrogen and oxygen atoms in total. The number of hydrogen-bond acceptors (Lipinski definition) is 1. The first kappa shape index (κ1) is 11.9. The Morgan fingerprint density at radius 3 is 2.77 bits per heavy atom. The lowest BCUT2D eigenvalue weighted by Crippen LogP contribution is -2.13. The van der Waals surface area contributed by atoms with Gasteiger partial charge in [0, 0.05) is 27.9 Å². The van der Waals surface area contributed by atoms with Crippen LogP contribution in [0.15, 0.2) is 59.1 Å². The molecule has 2 aromatic carbocycles. The summed E-state index contributed by atoms with van der Waals surface area (Å²) in [5.74, 6) is -0.867. The minimum atomic E-state index is -2.26. The summed E-state index contributed by atoms with van der Waals surface area (Å²) in [7, 11) is 0. The Morgan fingerprint density at radius 1 is 1.04 bits per heavy atom. The van der Waals surface area contributed by atoms with Gasteiger partial charge in [-0.25, -0.2) is 4.98 Å². The lowest BCUT2D eigenvalue weighted by molar-refractivity contribution is -0.365. The molecule has 0 bridgehead atoms. The van der Waals surface area contributed by atoms with Gasteiger partial charge in [-0.2, -0.15) is 0 Å². The van der Waals surface area contributed by atoms with Gasteiger partial charge in [0.1, 0.15) is 11.2 Å². The van der Waals surface area contributed by atoms with Crippen LogP contribution >= 0.6 is 0 Å². The molecule has 0 radical (unpaired) electrons. The molecule has 130 valence electrons. The second kappa shape index (κ2) is 6.28. The van der Waals surface area contributed by atoms with E-state index in [0.717, 1.165) is 52.5 Å². The summed E-state index contributed by atoms with van der Waals surface area (Å²) in [6.45, 7) is -2.26. The van der Waals surface area contributed by atoms with Gasteiger partial charge in [-0.05, 0) is 43.3 Å². The quantitative estimate of drug-likeness (QED) is 0.411. The predicted molar refractivity (Wildman–Crippen MR) is 106 cm³/mol. The highest BCUT2D eigenvalue weighted by molar-refractivity contribution is 6.09. The van der Waals surface area contributed by atoms with Crippen molar-refractivity contribution < 1.29 is 14.9 Å². The van der Waals surface area contributed by atoms with Crippen LogP contribution < -0.4 is 4.98 Å². The van der Waals surface area contributed by atoms with Crippen LogP contribution in [0.1, 0.15) is 54.6 Å². The minimum Gasteiger partial charge on any atom is -0.455 e. The molecule has 1 N–H and O–H groups in total. The van der Waals surface area contributed by atoms with Crippen LogP contribution in [0.2, 0.25) is 0 Å². The number of aromatic amines is 1. The Balaban J connectivity index is 1.73. The van der Waals surface area contributed by atoms with E-state index in [1.165, 1.54) is 0 Å². The van der Waals surface area contributed by atoms with Gasteiger partial charge >= 0.3 is 0 Å². The van der Waals surface area contributed by atoms with E-state index in [0.29, 0.717) is 18.4 Å². The molecule has 0 spiro atoms. The van der Waals surface area contributed by atoms with E-state index in [-0.39, 0.29) is 5.56 Å². The van der Waals surface area contributed by atoms with Gasteiger partial charge < -0.3 is 4.42 Å². The Hall–Kier alpha value is -2.61. The molecule has 0 unspecified atom stereocenters. The standard InChI is InChI=1S/C24H23NO/c1-16-15-25-22(14-21(16)17-8-3-2-4-9-17)20-12-7-11-19-18-10-5-6-13-23(18)26-24(19)20/h5-7,10-15,17H,2-4,8-9H2,1H3/p+1/i1D3,17D. The number of furan rings is 1. The number of rotatable bonds is 2. The Morgan fingerprint density at radius 2 is 1.88 bits per heavy atom. The molecule has 1 aliphatic rings. The summed E-state index contributed by atoms with van der Waals surface area (Å²) in [6.07, 6.45) is 5.97. The molecule has 0 aliphatic heterocycles. The van der Waals surface area contributed by atoms with Crippen molar-refractivity contribution in [1.82, 2.24) is 0 Å². The van der Waals surface area contributed by atoms with Crippen molar-refractivity contribution in [2.45, 2.75) is 44.8 Å². The van der Waals surface area contributed by atoms with Crippen LogP contribution in [-0.2, 0) is 0 Å². The highest BCUT2D eigenvalue weighted by Crippen LogP contribution is 2.37. The number of fused-ring (bicyclic) bond motifs is 3. The zero-order valence-electron chi connectivity index (χ0n) is 18.6. The van der Waals surface area contributed by atoms with Crippen LogP contribution in [0.4, 0.5) is 0 Å². The molecule has 2 aromatic heterocycles. The highest BCUT2D eigenvalue weighted by Gasteiger charge is 2.22. The summed E-state index contributed by atoms with van der Waals surface area (Å²) in [6, 6.07) is 15.8. The first-order valence-corrected chi connectivity index (χ1v) is 9.34. The van der Waals surface area contributed by atoms with Gasteiger partial charge in [-0.15, -0.1) is 0 Å². The number of aryl methyl sites for hydroxylation is 1. The fourth-order valence-corrected chi connectivity index (χ4v) is 4.15. The van der Waals surface area contributed by atoms with Crippen molar-refractivity contribution in [2.75, 3.05) is 0 Å². The average Bonchev–Trinajstić information content (AvgIpc) is 3.12. The van der Waals surface area contributed by atoms with E-state index in [2.05, 4.69) is 4.98 Å². The topological polar surface area (TPSA) is 27.3 Å². The largest absolute Gasteiger partial charge is 0.455 e. The van der Waals surface area contributed by atoms with Crippen LogP contribution in [0.3, 0.4) is 0 Å². The lowest BCUT2D eigenvalue weighted by Gasteiger charge is -2.22. The van der Waals surface area contributed by atoms with Gasteiger partial charge in [0.15, 0.2) is 6.20 Å². The fourth-order valence-electron chi connectivity index (χ4n) is 4.15. The van der Waals surface area contributed by atoms with E-state index in [9.17, 15) is 0 Å². The molecule has 0 saturated heterocycles. The monoisotopic (exact) mass is 346 g/mol. The number of aromatic nitrogens is 1. The van der Waals surface area contributed by atoms with Crippen LogP contribution in [0.25, 0.3) is 33.2 Å². The summed E-state index contributed by atoms with van der Waals surface area (Å²) in [5, 5.41) is 2.08. The zero-order chi connectivity index (χ0) is 20.9. The molecule has 1 fully saturated rings. The maximum atomic E-state index is 9.10. The minimum absolute atomic E-state index is 0.250. The van der Waals surface area contributed by atoms with Gasteiger partial charge in [0.25, 0.3) is 0 Å². The van der Waals surface area contributed by atoms with Gasteiger partial charge in [-0.3, -0.25) is 0 Å². The SMILES string of the molecule is [2H]C([2H])([2H])c1c[nH+]c(-c2cccc3c2oc2ccccc23)cc1C1([2H])CCCCC1. The van der Waals surface area contributed by atoms with Crippen LogP contribution in [-0.4, -0.2) is 0 Å². The molecule has 1 saturated carbocycles. The first-order valence-electron chi connectivity index (χ1n) is 11.3. The maximum Gasteiger partial charge on any atom is 0.214 e. The molecule has 0 amide bonds. The summed E-state index contributed by atoms with van der Waals surface area (Å²) in [5.41, 5.74) is 4.11. The number of pyridine rings is 1. The van der Waals surface area contributed by atoms with Crippen molar-refractivity contribution in [3.8, 4) is 11.3 Å². The fraction of sp³-hybridized carbons (Fsp3) is 0.292. The van der Waals surface area contributed by atoms with Crippen LogP contribution in [0, 0.1) is 6.85 Å². The average molecular weight is 346 g/mol. The van der Waals surface area contributed by atoms with Gasteiger partial charge in [0.05, 0.1) is 5.56 Å². The molecule has 1 aliphatic carbocycles. The number of hydrogen-bond donors (Lipinski definition) is 0. The zero-order valence-corrected chi connectivity index (χ0v) is 14.6. The first-order chi connectivity index (χ1) is 14.4. The Bertz CT molecular complexity index is 1240. The molecule has 4 aromatic rings. The number of para-hydroxylation sites is 2. The van der Waals surface area contributed by atoms with Crippen molar-refractivity contribution in [3.05, 3.63) is 65.9 Å². The van der Waals surface area contributed by atoms with Crippen molar-refractivity contribution in [3.63, 3.8) is 0 Å². The lowest BCUT2D eigenvalue weighted by atomic mass is 9.82. The number of H-pyrrole nitrogens is 1. The summed E-state index contributed by atoms with van der Waals surface area (Å²) < 4.78 is 39.3. The third-order valence-corrected chi connectivity index (χ3v) is 5.48. The molecule has 2 heteroatoms. The molecular formula is C24H24NO+. The Labute approximate surface area is 159 Å². The second-order valence-electron chi connectivity index (χ2n) is 7.12. The van der Waals surface area contributed by atoms with E-state index in [4.69, 9.17) is 9.90 Å². The number of benzene rings is 2. The van der Waals surface area contributed by atoms with E-state index < -0.39 is 12.7 Å². The van der Waals surface area contributed by atoms with Crippen molar-refractivity contribution in [1.29, 1.82) is 0 Å². The third kappa shape index (κ3) is 2.52. The summed E-state index contributed by atoms with van der Waals surface area (Å²) in [4.78, 5) is 3.19. The van der Waals surface area contributed by atoms with E-state index in [1.54, 1.807) is 6.20 Å². The van der Waals surface area contributed by atoms with E-state index >= 15 is 0 Å². The van der Waals surface area contributed by atoms with Gasteiger partial charge in [-0.1, -0.05) is 49.6 Å². The molecular weight excluding hydrogens is 318 g/mol. The summed E-state index contributed by atoms with van der Waals surface area (Å²) >= 11 is 0. The van der Waals surface area contributed by atoms with E-state index in [1.807, 2.05) is 48.5 Å². The smallest absolute Gasteiger partial charge is 0.214 e. The molecule has 0 atom stereocenters. The normalized spacial score (nSPS) is 19.7. The Kier molecular flexibility index (Phi) is 2.87. The van der Waals surface area contributed by atoms with Crippen molar-refractivity contribution in [2.24, 2.45) is 0 Å². The molecule has 5 rings (SSSR count). The number of nitrogens with one attached hydrogen (secondary N) is 1. The second-order valence-corrected chi connectivity index (χ2v) is 7.12. The molecule has 2 heterocycles. The maximum absolute atomic E-state index is 9.10. The van der Waals surface area contributed by atoms with Gasteiger partial charge in [0.2, 0.25) is 5.69 Å². The van der Waals surface area contributed by atoms with Crippen molar-refractivity contribution >= 4 is 21.9 Å².